The lowest BCUT2D eigenvalue weighted by Gasteiger charge is -2.34. The first kappa shape index (κ1) is 23.8. The highest BCUT2D eigenvalue weighted by Crippen LogP contribution is 2.47. The van der Waals surface area contributed by atoms with E-state index in [0.29, 0.717) is 22.6 Å². The first-order chi connectivity index (χ1) is 16.0. The van der Waals surface area contributed by atoms with Crippen LogP contribution in [-0.4, -0.2) is 28.3 Å². The average Bonchev–Trinajstić information content (AvgIpc) is 2.77. The van der Waals surface area contributed by atoms with Gasteiger partial charge in [0.2, 0.25) is 0 Å². The molecule has 4 rings (SSSR count). The van der Waals surface area contributed by atoms with E-state index < -0.39 is 27.5 Å². The lowest BCUT2D eigenvalue weighted by Crippen LogP contribution is -2.27. The van der Waals surface area contributed by atoms with Crippen molar-refractivity contribution in [2.45, 2.75) is 17.0 Å². The minimum Gasteiger partial charge on any atom is -0.457 e. The smallest absolute Gasteiger partial charge is 0.418 e. The molecule has 1 heterocycles. The van der Waals surface area contributed by atoms with Crippen LogP contribution in [0.3, 0.4) is 0 Å². The average molecular weight is 489 g/mol. The van der Waals surface area contributed by atoms with Crippen LogP contribution in [0.2, 0.25) is 0 Å². The molecule has 0 spiro atoms. The summed E-state index contributed by atoms with van der Waals surface area (Å²) >= 11 is 0. The van der Waals surface area contributed by atoms with Crippen LogP contribution in [0.1, 0.15) is 22.6 Å². The molecule has 0 bridgehead atoms. The van der Waals surface area contributed by atoms with Crippen molar-refractivity contribution in [3.05, 3.63) is 95.2 Å². The van der Waals surface area contributed by atoms with Gasteiger partial charge in [-0.2, -0.15) is 13.2 Å². The fraction of sp³-hybridized carbons (Fsp3) is 0.200. The molecule has 3 aromatic rings. The number of sulfone groups is 1. The van der Waals surface area contributed by atoms with Crippen LogP contribution in [0.5, 0.6) is 11.5 Å². The number of halogens is 3. The Hall–Kier alpha value is -3.30. The molecular weight excluding hydrogens is 465 g/mol. The summed E-state index contributed by atoms with van der Waals surface area (Å²) in [4.78, 5) is 1.59. The van der Waals surface area contributed by atoms with E-state index in [4.69, 9.17) is 10.5 Å². The van der Waals surface area contributed by atoms with Gasteiger partial charge >= 0.3 is 6.18 Å². The number of ether oxygens (including phenoxy) is 1. The van der Waals surface area contributed by atoms with Gasteiger partial charge in [0.1, 0.15) is 11.5 Å². The van der Waals surface area contributed by atoms with E-state index in [1.807, 2.05) is 6.07 Å². The zero-order valence-electron chi connectivity index (χ0n) is 18.5. The Kier molecular flexibility index (Phi) is 6.18. The summed E-state index contributed by atoms with van der Waals surface area (Å²) in [6.45, 7) is 0.159. The molecule has 178 valence electrons. The van der Waals surface area contributed by atoms with Crippen molar-refractivity contribution in [3.8, 4) is 11.5 Å². The molecule has 0 saturated heterocycles. The minimum absolute atomic E-state index is 0.0874. The molecule has 3 aromatic carbocycles. The van der Waals surface area contributed by atoms with E-state index in [9.17, 15) is 21.6 Å². The molecule has 9 heteroatoms. The van der Waals surface area contributed by atoms with Crippen molar-refractivity contribution in [2.75, 3.05) is 24.7 Å². The summed E-state index contributed by atoms with van der Waals surface area (Å²) in [6, 6.07) is 17.2. The predicted molar refractivity (Wildman–Crippen MR) is 125 cm³/mol. The lowest BCUT2D eigenvalue weighted by molar-refractivity contribution is -0.137. The maximum Gasteiger partial charge on any atom is 0.418 e. The first-order valence-electron chi connectivity index (χ1n) is 10.4. The maximum atomic E-state index is 13.7. The van der Waals surface area contributed by atoms with Crippen molar-refractivity contribution in [1.29, 1.82) is 0 Å². The van der Waals surface area contributed by atoms with Gasteiger partial charge in [-0.3, -0.25) is 0 Å². The molecule has 1 atom stereocenters. The first-order valence-corrected chi connectivity index (χ1v) is 12.3. The lowest BCUT2D eigenvalue weighted by atomic mass is 9.81. The van der Waals surface area contributed by atoms with Gasteiger partial charge in [0.15, 0.2) is 9.84 Å². The Labute approximate surface area is 196 Å². The minimum atomic E-state index is -4.51. The third-order valence-corrected chi connectivity index (χ3v) is 6.77. The van der Waals surface area contributed by atoms with Crippen LogP contribution in [0, 0.1) is 0 Å². The van der Waals surface area contributed by atoms with Crippen LogP contribution >= 0.6 is 0 Å². The molecule has 34 heavy (non-hydrogen) atoms. The van der Waals surface area contributed by atoms with Crippen molar-refractivity contribution in [3.63, 3.8) is 0 Å². The number of hydrogen-bond acceptors (Lipinski definition) is 5. The number of para-hydroxylation sites is 1. The fourth-order valence-electron chi connectivity index (χ4n) is 4.23. The Balaban J connectivity index is 1.77. The second-order valence-electron chi connectivity index (χ2n) is 8.11. The molecule has 0 saturated carbocycles. The second kappa shape index (κ2) is 8.81. The van der Waals surface area contributed by atoms with Gasteiger partial charge in [0.05, 0.1) is 16.1 Å². The largest absolute Gasteiger partial charge is 0.457 e. The van der Waals surface area contributed by atoms with Crippen LogP contribution < -0.4 is 15.4 Å². The Morgan fingerprint density at radius 3 is 2.29 bits per heavy atom. The number of hydrogen-bond donors (Lipinski definition) is 1. The number of benzene rings is 3. The van der Waals surface area contributed by atoms with Gasteiger partial charge in [-0.25, -0.2) is 8.42 Å². The van der Waals surface area contributed by atoms with E-state index in [-0.39, 0.29) is 17.1 Å². The monoisotopic (exact) mass is 488 g/mol. The van der Waals surface area contributed by atoms with Crippen molar-refractivity contribution >= 4 is 15.5 Å². The molecule has 5 nitrogen and oxygen atoms in total. The molecule has 1 unspecified atom stereocenters. The molecule has 1 aliphatic heterocycles. The zero-order valence-corrected chi connectivity index (χ0v) is 19.3. The third kappa shape index (κ3) is 4.67. The van der Waals surface area contributed by atoms with Crippen molar-refractivity contribution < 1.29 is 26.3 Å². The van der Waals surface area contributed by atoms with Crippen LogP contribution in [0.4, 0.5) is 18.9 Å². The summed E-state index contributed by atoms with van der Waals surface area (Å²) in [6.07, 6.45) is -1.75. The number of alkyl halides is 3. The SMILES string of the molecule is CN1C=C(CN)C(c2cccc(Oc3cccc(S(C)(=O)=O)c3)c2)c2cccc(C(F)(F)F)c21. The van der Waals surface area contributed by atoms with Crippen molar-refractivity contribution in [2.24, 2.45) is 5.73 Å². The highest BCUT2D eigenvalue weighted by molar-refractivity contribution is 7.90. The Morgan fingerprint density at radius 1 is 1.00 bits per heavy atom. The van der Waals surface area contributed by atoms with Gasteiger partial charge in [-0.05, 0) is 53.1 Å². The zero-order chi connectivity index (χ0) is 24.7. The second-order valence-corrected chi connectivity index (χ2v) is 10.1. The fourth-order valence-corrected chi connectivity index (χ4v) is 4.89. The van der Waals surface area contributed by atoms with E-state index >= 15 is 0 Å². The molecule has 0 aromatic heterocycles. The number of rotatable bonds is 5. The van der Waals surface area contributed by atoms with Crippen LogP contribution in [-0.2, 0) is 16.0 Å². The van der Waals surface area contributed by atoms with E-state index in [1.165, 1.54) is 23.1 Å². The summed E-state index contributed by atoms with van der Waals surface area (Å²) in [7, 11) is -1.83. The number of fused-ring (bicyclic) bond motifs is 1. The van der Waals surface area contributed by atoms with E-state index in [0.717, 1.165) is 17.9 Å². The standard InChI is InChI=1S/C25H23F3N2O3S/c1-30-15-17(14-29)23(21-10-5-11-22(24(21)30)25(26,27)28)16-6-3-7-18(12-16)33-19-8-4-9-20(13-19)34(2,31)32/h3-13,15,23H,14,29H2,1-2H3. The van der Waals surface area contributed by atoms with Gasteiger partial charge in [0, 0.05) is 32.0 Å². The summed E-state index contributed by atoms with van der Waals surface area (Å²) in [5.74, 6) is 0.259. The van der Waals surface area contributed by atoms with Gasteiger partial charge in [-0.15, -0.1) is 0 Å². The van der Waals surface area contributed by atoms with Crippen LogP contribution in [0.25, 0.3) is 0 Å². The molecular formula is C25H23F3N2O3S. The predicted octanol–water partition coefficient (Wildman–Crippen LogP) is 5.33. The molecule has 2 N–H and O–H groups in total. The van der Waals surface area contributed by atoms with Gasteiger partial charge in [-0.1, -0.05) is 30.3 Å². The van der Waals surface area contributed by atoms with E-state index in [1.54, 1.807) is 49.6 Å². The number of nitrogens with two attached hydrogens (primary N) is 1. The highest BCUT2D eigenvalue weighted by atomic mass is 32.2. The number of anilines is 1. The molecule has 0 amide bonds. The van der Waals surface area contributed by atoms with Gasteiger partial charge < -0.3 is 15.4 Å². The summed E-state index contributed by atoms with van der Waals surface area (Å²) < 4.78 is 70.8. The third-order valence-electron chi connectivity index (χ3n) is 5.66. The molecule has 1 aliphatic rings. The maximum absolute atomic E-state index is 13.7. The Bertz CT molecular complexity index is 1370. The Morgan fingerprint density at radius 2 is 1.65 bits per heavy atom. The normalized spacial score (nSPS) is 16.1. The van der Waals surface area contributed by atoms with E-state index in [2.05, 4.69) is 0 Å². The quantitative estimate of drug-likeness (QED) is 0.526. The summed E-state index contributed by atoms with van der Waals surface area (Å²) in [5, 5.41) is 0. The molecule has 0 aliphatic carbocycles. The molecule has 0 radical (unpaired) electrons. The van der Waals surface area contributed by atoms with Crippen LogP contribution in [0.15, 0.2) is 83.4 Å². The number of nitrogens with zero attached hydrogens (tertiary/aromatic N) is 1. The molecule has 0 fully saturated rings. The van der Waals surface area contributed by atoms with Gasteiger partial charge in [0.25, 0.3) is 0 Å². The highest BCUT2D eigenvalue weighted by Gasteiger charge is 2.38. The van der Waals surface area contributed by atoms with Crippen molar-refractivity contribution in [1.82, 2.24) is 0 Å². The summed E-state index contributed by atoms with van der Waals surface area (Å²) in [5.41, 5.74) is 7.32. The topological polar surface area (TPSA) is 72.6 Å².